The lowest BCUT2D eigenvalue weighted by Gasteiger charge is -2.34. The third-order valence-corrected chi connectivity index (χ3v) is 2.46. The minimum Gasteiger partial charge on any atom is -0.480 e. The van der Waals surface area contributed by atoms with E-state index < -0.39 is 11.5 Å². The van der Waals surface area contributed by atoms with Crippen molar-refractivity contribution in [2.45, 2.75) is 33.2 Å². The lowest BCUT2D eigenvalue weighted by molar-refractivity contribution is -0.138. The number of carboxylic acid groups (broad SMARTS) is 1. The summed E-state index contributed by atoms with van der Waals surface area (Å²) in [6.45, 7) is 6.84. The van der Waals surface area contributed by atoms with Gasteiger partial charge in [0.1, 0.15) is 12.2 Å². The van der Waals surface area contributed by atoms with E-state index in [1.807, 2.05) is 0 Å². The van der Waals surface area contributed by atoms with Crippen molar-refractivity contribution in [3.63, 3.8) is 0 Å². The quantitative estimate of drug-likeness (QED) is 0.886. The molecule has 1 heterocycles. The first kappa shape index (κ1) is 14.2. The molecule has 1 aromatic heterocycles. The number of aryl methyl sites for hydroxylation is 1. The van der Waals surface area contributed by atoms with Crippen LogP contribution in [0, 0.1) is 6.92 Å². The Morgan fingerprint density at radius 2 is 1.94 bits per heavy atom. The highest BCUT2D eigenvalue weighted by atomic mass is 16.4. The Bertz CT molecular complexity index is 464. The number of hydrogen-bond donors (Lipinski definition) is 1. The predicted octanol–water partition coefficient (Wildman–Crippen LogP) is 1.72. The van der Waals surface area contributed by atoms with E-state index in [0.29, 0.717) is 0 Å². The summed E-state index contributed by atoms with van der Waals surface area (Å²) in [5.41, 5.74) is 0.428. The third kappa shape index (κ3) is 3.55. The molecule has 0 fully saturated rings. The molecule has 18 heavy (non-hydrogen) atoms. The standard InChI is InChI=1S/C13H18N2O3/c1-9-6-5-7-10(14-9)12(18)15(8-11(16)17)13(2,3)4/h5-7H,8H2,1-4H3,(H,16,17). The van der Waals surface area contributed by atoms with Crippen molar-refractivity contribution in [3.8, 4) is 0 Å². The van der Waals surface area contributed by atoms with Crippen LogP contribution in [0.4, 0.5) is 0 Å². The minimum atomic E-state index is -1.04. The molecule has 0 aliphatic heterocycles. The first-order valence-corrected chi connectivity index (χ1v) is 5.69. The van der Waals surface area contributed by atoms with Crippen LogP contribution in [0.3, 0.4) is 0 Å². The Morgan fingerprint density at radius 3 is 2.39 bits per heavy atom. The average molecular weight is 250 g/mol. The Hall–Kier alpha value is -1.91. The number of amides is 1. The van der Waals surface area contributed by atoms with Crippen LogP contribution in [0.5, 0.6) is 0 Å². The van der Waals surface area contributed by atoms with Gasteiger partial charge in [0.25, 0.3) is 5.91 Å². The summed E-state index contributed by atoms with van der Waals surface area (Å²) in [5, 5.41) is 8.88. The lowest BCUT2D eigenvalue weighted by Crippen LogP contribution is -2.48. The Kier molecular flexibility index (Phi) is 4.06. The SMILES string of the molecule is Cc1cccc(C(=O)N(CC(=O)O)C(C)(C)C)n1. The number of aliphatic carboxylic acids is 1. The molecule has 1 rings (SSSR count). The molecule has 5 heteroatoms. The second-order valence-electron chi connectivity index (χ2n) is 5.12. The van der Waals surface area contributed by atoms with E-state index in [2.05, 4.69) is 4.98 Å². The minimum absolute atomic E-state index is 0.270. The molecular weight excluding hydrogens is 232 g/mol. The van der Waals surface area contributed by atoms with E-state index in [4.69, 9.17) is 5.11 Å². The third-order valence-electron chi connectivity index (χ3n) is 2.46. The van der Waals surface area contributed by atoms with Crippen LogP contribution in [0.25, 0.3) is 0 Å². The molecule has 1 amide bonds. The first-order valence-electron chi connectivity index (χ1n) is 5.69. The van der Waals surface area contributed by atoms with E-state index in [9.17, 15) is 9.59 Å². The molecule has 5 nitrogen and oxygen atoms in total. The number of carbonyl (C=O) groups is 2. The van der Waals surface area contributed by atoms with E-state index in [-0.39, 0.29) is 18.1 Å². The van der Waals surface area contributed by atoms with Crippen LogP contribution in [-0.2, 0) is 4.79 Å². The predicted molar refractivity (Wildman–Crippen MR) is 67.4 cm³/mol. The lowest BCUT2D eigenvalue weighted by atomic mass is 10.1. The summed E-state index contributed by atoms with van der Waals surface area (Å²) in [7, 11) is 0. The summed E-state index contributed by atoms with van der Waals surface area (Å²) >= 11 is 0. The van der Waals surface area contributed by atoms with Crippen LogP contribution >= 0.6 is 0 Å². The number of carboxylic acids is 1. The van der Waals surface area contributed by atoms with Crippen molar-refractivity contribution >= 4 is 11.9 Å². The van der Waals surface area contributed by atoms with Crippen molar-refractivity contribution in [1.29, 1.82) is 0 Å². The van der Waals surface area contributed by atoms with Gasteiger partial charge in [-0.3, -0.25) is 9.59 Å². The van der Waals surface area contributed by atoms with Gasteiger partial charge in [-0.15, -0.1) is 0 Å². The molecule has 0 radical (unpaired) electrons. The summed E-state index contributed by atoms with van der Waals surface area (Å²) in [4.78, 5) is 28.6. The Labute approximate surface area is 106 Å². The second-order valence-corrected chi connectivity index (χ2v) is 5.12. The van der Waals surface area contributed by atoms with E-state index >= 15 is 0 Å². The van der Waals surface area contributed by atoms with Crippen molar-refractivity contribution in [1.82, 2.24) is 9.88 Å². The summed E-state index contributed by atoms with van der Waals surface area (Å²) < 4.78 is 0. The van der Waals surface area contributed by atoms with Crippen molar-refractivity contribution in [2.75, 3.05) is 6.54 Å². The van der Waals surface area contributed by atoms with Gasteiger partial charge in [-0.2, -0.15) is 0 Å². The maximum atomic E-state index is 12.3. The molecule has 0 aromatic carbocycles. The van der Waals surface area contributed by atoms with Gasteiger partial charge >= 0.3 is 5.97 Å². The maximum Gasteiger partial charge on any atom is 0.323 e. The normalized spacial score (nSPS) is 11.1. The number of carbonyl (C=O) groups excluding carboxylic acids is 1. The highest BCUT2D eigenvalue weighted by molar-refractivity contribution is 5.94. The maximum absolute atomic E-state index is 12.3. The van der Waals surface area contributed by atoms with Crippen LogP contribution in [0.2, 0.25) is 0 Å². The zero-order valence-corrected chi connectivity index (χ0v) is 11.1. The molecular formula is C13H18N2O3. The van der Waals surface area contributed by atoms with Crippen LogP contribution in [0.15, 0.2) is 18.2 Å². The van der Waals surface area contributed by atoms with Gasteiger partial charge in [0, 0.05) is 11.2 Å². The monoisotopic (exact) mass is 250 g/mol. The number of rotatable bonds is 3. The molecule has 1 N–H and O–H groups in total. The molecule has 0 spiro atoms. The fourth-order valence-electron chi connectivity index (χ4n) is 1.55. The van der Waals surface area contributed by atoms with Crippen LogP contribution in [-0.4, -0.2) is 39.0 Å². The molecule has 0 unspecified atom stereocenters. The van der Waals surface area contributed by atoms with Crippen LogP contribution < -0.4 is 0 Å². The summed E-state index contributed by atoms with van der Waals surface area (Å²) in [6, 6.07) is 5.11. The number of nitrogens with zero attached hydrogens (tertiary/aromatic N) is 2. The number of pyridine rings is 1. The molecule has 98 valence electrons. The first-order chi connectivity index (χ1) is 8.21. The Morgan fingerprint density at radius 1 is 1.33 bits per heavy atom. The topological polar surface area (TPSA) is 70.5 Å². The highest BCUT2D eigenvalue weighted by Crippen LogP contribution is 2.16. The molecule has 0 saturated heterocycles. The van der Waals surface area contributed by atoms with Crippen LogP contribution in [0.1, 0.15) is 37.0 Å². The zero-order chi connectivity index (χ0) is 13.9. The molecule has 0 atom stereocenters. The molecule has 0 aliphatic carbocycles. The largest absolute Gasteiger partial charge is 0.480 e. The Balaban J connectivity index is 3.06. The van der Waals surface area contributed by atoms with Gasteiger partial charge in [-0.05, 0) is 39.8 Å². The van der Waals surface area contributed by atoms with Crippen molar-refractivity contribution < 1.29 is 14.7 Å². The van der Waals surface area contributed by atoms with E-state index in [1.165, 1.54) is 4.90 Å². The van der Waals surface area contributed by atoms with Gasteiger partial charge in [0.15, 0.2) is 0 Å². The number of hydrogen-bond acceptors (Lipinski definition) is 3. The van der Waals surface area contributed by atoms with Crippen molar-refractivity contribution in [3.05, 3.63) is 29.6 Å². The summed E-state index contributed by atoms with van der Waals surface area (Å²) in [6.07, 6.45) is 0. The van der Waals surface area contributed by atoms with Gasteiger partial charge in [0.05, 0.1) is 0 Å². The van der Waals surface area contributed by atoms with Gasteiger partial charge < -0.3 is 10.0 Å². The smallest absolute Gasteiger partial charge is 0.323 e. The zero-order valence-electron chi connectivity index (χ0n) is 11.1. The molecule has 0 bridgehead atoms. The average Bonchev–Trinajstić information content (AvgIpc) is 2.23. The van der Waals surface area contributed by atoms with Crippen molar-refractivity contribution in [2.24, 2.45) is 0 Å². The fraction of sp³-hybridized carbons (Fsp3) is 0.462. The summed E-state index contributed by atoms with van der Waals surface area (Å²) in [5.74, 6) is -1.40. The molecule has 1 aromatic rings. The second kappa shape index (κ2) is 5.16. The van der Waals surface area contributed by atoms with E-state index in [1.54, 1.807) is 45.9 Å². The van der Waals surface area contributed by atoms with Gasteiger partial charge in [-0.1, -0.05) is 6.07 Å². The van der Waals surface area contributed by atoms with Gasteiger partial charge in [0.2, 0.25) is 0 Å². The molecule has 0 saturated carbocycles. The highest BCUT2D eigenvalue weighted by Gasteiger charge is 2.29. The fourth-order valence-corrected chi connectivity index (χ4v) is 1.55. The van der Waals surface area contributed by atoms with Gasteiger partial charge in [-0.25, -0.2) is 4.98 Å². The molecule has 0 aliphatic rings. The van der Waals surface area contributed by atoms with E-state index in [0.717, 1.165) is 5.69 Å². The number of aromatic nitrogens is 1.